The van der Waals surface area contributed by atoms with Crippen molar-refractivity contribution in [1.82, 2.24) is 0 Å². The molecule has 0 aliphatic carbocycles. The van der Waals surface area contributed by atoms with E-state index in [0.717, 1.165) is 18.8 Å². The van der Waals surface area contributed by atoms with Gasteiger partial charge in [0.2, 0.25) is 0 Å². The van der Waals surface area contributed by atoms with Gasteiger partial charge in [-0.15, -0.1) is 0 Å². The quantitative estimate of drug-likeness (QED) is 0.641. The SMILES string of the molecule is C[C@H]1CN(c2ccc(NC(=O)c3cccc(NC(=O)c4ccco4)c3)cc2)C[C@H](C)O1. The fourth-order valence-corrected chi connectivity index (χ4v) is 3.69. The Morgan fingerprint density at radius 3 is 2.26 bits per heavy atom. The van der Waals surface area contributed by atoms with Gasteiger partial charge in [0, 0.05) is 35.7 Å². The molecule has 1 aliphatic heterocycles. The summed E-state index contributed by atoms with van der Waals surface area (Å²) in [5, 5.41) is 5.63. The standard InChI is InChI=1S/C24H25N3O4/c1-16-14-27(15-17(2)31-16)21-10-8-19(9-11-21)25-23(28)18-5-3-6-20(13-18)26-24(29)22-7-4-12-30-22/h3-13,16-17H,14-15H2,1-2H3,(H,25,28)(H,26,29)/t16-,17-/m0/s1. The van der Waals surface area contributed by atoms with E-state index in [9.17, 15) is 9.59 Å². The van der Waals surface area contributed by atoms with E-state index in [2.05, 4.69) is 29.4 Å². The molecule has 160 valence electrons. The normalized spacial score (nSPS) is 18.5. The average molecular weight is 419 g/mol. The second kappa shape index (κ2) is 9.06. The van der Waals surface area contributed by atoms with E-state index in [-0.39, 0.29) is 29.8 Å². The van der Waals surface area contributed by atoms with Crippen molar-refractivity contribution in [1.29, 1.82) is 0 Å². The molecule has 0 spiro atoms. The fourth-order valence-electron chi connectivity index (χ4n) is 3.69. The Hall–Kier alpha value is -3.58. The Morgan fingerprint density at radius 1 is 0.871 bits per heavy atom. The van der Waals surface area contributed by atoms with Crippen LogP contribution in [0.1, 0.15) is 34.8 Å². The van der Waals surface area contributed by atoms with Gasteiger partial charge in [0.25, 0.3) is 11.8 Å². The number of carbonyl (C=O) groups is 2. The van der Waals surface area contributed by atoms with E-state index in [4.69, 9.17) is 9.15 Å². The van der Waals surface area contributed by atoms with E-state index >= 15 is 0 Å². The van der Waals surface area contributed by atoms with Crippen LogP contribution in [0.15, 0.2) is 71.3 Å². The van der Waals surface area contributed by atoms with Crippen LogP contribution in [-0.4, -0.2) is 37.1 Å². The lowest BCUT2D eigenvalue weighted by Crippen LogP contribution is -2.45. The van der Waals surface area contributed by atoms with Crippen molar-refractivity contribution in [2.24, 2.45) is 0 Å². The van der Waals surface area contributed by atoms with Crippen LogP contribution in [0.25, 0.3) is 0 Å². The largest absolute Gasteiger partial charge is 0.459 e. The van der Waals surface area contributed by atoms with Gasteiger partial charge in [0.05, 0.1) is 18.5 Å². The fraction of sp³-hybridized carbons (Fsp3) is 0.250. The Kier molecular flexibility index (Phi) is 6.04. The third kappa shape index (κ3) is 5.13. The monoisotopic (exact) mass is 419 g/mol. The number of carbonyl (C=O) groups excluding carboxylic acids is 2. The lowest BCUT2D eigenvalue weighted by Gasteiger charge is -2.36. The maximum atomic E-state index is 12.7. The van der Waals surface area contributed by atoms with E-state index in [1.165, 1.54) is 6.26 Å². The van der Waals surface area contributed by atoms with Crippen molar-refractivity contribution >= 4 is 28.9 Å². The number of anilines is 3. The molecule has 2 aromatic carbocycles. The molecule has 1 fully saturated rings. The van der Waals surface area contributed by atoms with Gasteiger partial charge in [0.15, 0.2) is 5.76 Å². The van der Waals surface area contributed by atoms with Crippen molar-refractivity contribution in [3.8, 4) is 0 Å². The number of furan rings is 1. The highest BCUT2D eigenvalue weighted by atomic mass is 16.5. The Labute approximate surface area is 181 Å². The second-order valence-corrected chi connectivity index (χ2v) is 7.68. The molecule has 1 saturated heterocycles. The molecule has 3 aromatic rings. The molecule has 2 N–H and O–H groups in total. The first-order valence-corrected chi connectivity index (χ1v) is 10.2. The summed E-state index contributed by atoms with van der Waals surface area (Å²) in [5.41, 5.74) is 2.76. The van der Waals surface area contributed by atoms with Gasteiger partial charge in [-0.3, -0.25) is 9.59 Å². The molecule has 7 heteroatoms. The number of hydrogen-bond acceptors (Lipinski definition) is 5. The molecule has 31 heavy (non-hydrogen) atoms. The highest BCUT2D eigenvalue weighted by Gasteiger charge is 2.22. The molecule has 0 radical (unpaired) electrons. The average Bonchev–Trinajstić information content (AvgIpc) is 3.29. The van der Waals surface area contributed by atoms with Crippen LogP contribution in [0, 0.1) is 0 Å². The summed E-state index contributed by atoms with van der Waals surface area (Å²) in [6, 6.07) is 17.8. The number of ether oxygens (including phenoxy) is 1. The molecule has 0 saturated carbocycles. The van der Waals surface area contributed by atoms with E-state index in [1.807, 2.05) is 24.3 Å². The summed E-state index contributed by atoms with van der Waals surface area (Å²) < 4.78 is 10.9. The maximum absolute atomic E-state index is 12.7. The summed E-state index contributed by atoms with van der Waals surface area (Å²) in [6.45, 7) is 5.82. The molecule has 2 atom stereocenters. The van der Waals surface area contributed by atoms with Gasteiger partial charge in [-0.25, -0.2) is 0 Å². The van der Waals surface area contributed by atoms with Gasteiger partial charge in [-0.1, -0.05) is 6.07 Å². The predicted octanol–water partition coefficient (Wildman–Crippen LogP) is 4.40. The molecule has 2 amide bonds. The minimum atomic E-state index is -0.370. The Bertz CT molecular complexity index is 1040. The van der Waals surface area contributed by atoms with Gasteiger partial charge in [-0.05, 0) is 68.4 Å². The molecule has 1 aromatic heterocycles. The third-order valence-electron chi connectivity index (χ3n) is 5.04. The van der Waals surface area contributed by atoms with Crippen molar-refractivity contribution in [3.05, 3.63) is 78.3 Å². The van der Waals surface area contributed by atoms with Gasteiger partial charge < -0.3 is 24.7 Å². The summed E-state index contributed by atoms with van der Waals surface area (Å²) in [6.07, 6.45) is 1.80. The summed E-state index contributed by atoms with van der Waals surface area (Å²) in [7, 11) is 0. The zero-order valence-electron chi connectivity index (χ0n) is 17.5. The first-order chi connectivity index (χ1) is 15.0. The smallest absolute Gasteiger partial charge is 0.291 e. The van der Waals surface area contributed by atoms with Crippen LogP contribution in [0.2, 0.25) is 0 Å². The number of morpholine rings is 1. The maximum Gasteiger partial charge on any atom is 0.291 e. The Balaban J connectivity index is 1.39. The highest BCUT2D eigenvalue weighted by molar-refractivity contribution is 6.06. The summed E-state index contributed by atoms with van der Waals surface area (Å²) in [5.74, 6) is -0.417. The predicted molar refractivity (Wildman–Crippen MR) is 120 cm³/mol. The van der Waals surface area contributed by atoms with Crippen molar-refractivity contribution < 1.29 is 18.7 Å². The van der Waals surface area contributed by atoms with Crippen molar-refractivity contribution in [3.63, 3.8) is 0 Å². The van der Waals surface area contributed by atoms with E-state index in [0.29, 0.717) is 16.9 Å². The van der Waals surface area contributed by atoms with E-state index in [1.54, 1.807) is 36.4 Å². The minimum Gasteiger partial charge on any atom is -0.459 e. The number of hydrogen-bond donors (Lipinski definition) is 2. The number of benzene rings is 2. The van der Waals surface area contributed by atoms with Crippen molar-refractivity contribution in [2.75, 3.05) is 28.6 Å². The molecular formula is C24H25N3O4. The first kappa shape index (κ1) is 20.7. The number of nitrogens with one attached hydrogen (secondary N) is 2. The lowest BCUT2D eigenvalue weighted by atomic mass is 10.1. The molecule has 2 heterocycles. The second-order valence-electron chi connectivity index (χ2n) is 7.68. The molecule has 1 aliphatic rings. The van der Waals surface area contributed by atoms with Gasteiger partial charge in [0.1, 0.15) is 0 Å². The minimum absolute atomic E-state index is 0.184. The number of rotatable bonds is 5. The number of amides is 2. The summed E-state index contributed by atoms with van der Waals surface area (Å²) >= 11 is 0. The topological polar surface area (TPSA) is 83.8 Å². The molecule has 7 nitrogen and oxygen atoms in total. The molecular weight excluding hydrogens is 394 g/mol. The van der Waals surface area contributed by atoms with Crippen LogP contribution in [-0.2, 0) is 4.74 Å². The molecule has 4 rings (SSSR count). The zero-order valence-corrected chi connectivity index (χ0v) is 17.5. The van der Waals surface area contributed by atoms with Gasteiger partial charge in [-0.2, -0.15) is 0 Å². The van der Waals surface area contributed by atoms with Crippen LogP contribution in [0.3, 0.4) is 0 Å². The van der Waals surface area contributed by atoms with E-state index < -0.39 is 0 Å². The van der Waals surface area contributed by atoms with Crippen LogP contribution >= 0.6 is 0 Å². The highest BCUT2D eigenvalue weighted by Crippen LogP contribution is 2.23. The molecule has 0 bridgehead atoms. The van der Waals surface area contributed by atoms with Crippen molar-refractivity contribution in [2.45, 2.75) is 26.1 Å². The van der Waals surface area contributed by atoms with Crippen LogP contribution < -0.4 is 15.5 Å². The summed E-state index contributed by atoms with van der Waals surface area (Å²) in [4.78, 5) is 27.1. The van der Waals surface area contributed by atoms with Gasteiger partial charge >= 0.3 is 0 Å². The zero-order chi connectivity index (χ0) is 21.8. The first-order valence-electron chi connectivity index (χ1n) is 10.2. The lowest BCUT2D eigenvalue weighted by molar-refractivity contribution is -0.00521. The number of nitrogens with zero attached hydrogens (tertiary/aromatic N) is 1. The third-order valence-corrected chi connectivity index (χ3v) is 5.04. The van der Waals surface area contributed by atoms with Crippen LogP contribution in [0.4, 0.5) is 17.1 Å². The Morgan fingerprint density at radius 2 is 1.58 bits per heavy atom. The van der Waals surface area contributed by atoms with Crippen LogP contribution in [0.5, 0.6) is 0 Å². The molecule has 0 unspecified atom stereocenters.